The van der Waals surface area contributed by atoms with Crippen LogP contribution >= 0.6 is 0 Å². The number of hydrogen-bond donors (Lipinski definition) is 2. The van der Waals surface area contributed by atoms with Gasteiger partial charge in [-0.3, -0.25) is 4.79 Å². The van der Waals surface area contributed by atoms with E-state index >= 15 is 0 Å². The van der Waals surface area contributed by atoms with Gasteiger partial charge in [0.2, 0.25) is 10.0 Å². The molecule has 0 aliphatic carbocycles. The maximum atomic E-state index is 12.5. The van der Waals surface area contributed by atoms with Gasteiger partial charge in [0.1, 0.15) is 5.75 Å². The highest BCUT2D eigenvalue weighted by molar-refractivity contribution is 7.89. The third kappa shape index (κ3) is 5.96. The second-order valence-electron chi connectivity index (χ2n) is 6.08. The largest absolute Gasteiger partial charge is 0.484 e. The van der Waals surface area contributed by atoms with Gasteiger partial charge < -0.3 is 19.7 Å². The van der Waals surface area contributed by atoms with Gasteiger partial charge in [0.25, 0.3) is 5.91 Å². The number of nitrogens with one attached hydrogen (secondary N) is 2. The van der Waals surface area contributed by atoms with Gasteiger partial charge in [-0.25, -0.2) is 8.42 Å². The summed E-state index contributed by atoms with van der Waals surface area (Å²) in [5.41, 5.74) is 0. The predicted octanol–water partition coefficient (Wildman–Crippen LogP) is -1.65. The van der Waals surface area contributed by atoms with E-state index in [2.05, 4.69) is 5.32 Å². The van der Waals surface area contributed by atoms with Crippen LogP contribution in [-0.4, -0.2) is 78.7 Å². The molecule has 8 nitrogen and oxygen atoms in total. The molecule has 1 amide bonds. The van der Waals surface area contributed by atoms with Gasteiger partial charge in [-0.05, 0) is 24.3 Å². The van der Waals surface area contributed by atoms with Crippen LogP contribution in [0.2, 0.25) is 0 Å². The molecule has 1 heterocycles. The average Bonchev–Trinajstić information content (AvgIpc) is 2.61. The number of benzene rings is 1. The Morgan fingerprint density at radius 1 is 1.24 bits per heavy atom. The molecule has 1 fully saturated rings. The zero-order valence-corrected chi connectivity index (χ0v) is 15.5. The lowest BCUT2D eigenvalue weighted by atomic mass is 10.3. The molecule has 0 radical (unpaired) electrons. The van der Waals surface area contributed by atoms with E-state index < -0.39 is 10.0 Å². The number of rotatable bonds is 8. The first kappa shape index (κ1) is 19.6. The Hall–Kier alpha value is -1.68. The average molecular weight is 372 g/mol. The van der Waals surface area contributed by atoms with Crippen molar-refractivity contribution in [3.8, 4) is 5.75 Å². The molecule has 1 saturated heterocycles. The smallest absolute Gasteiger partial charge is 0.258 e. The van der Waals surface area contributed by atoms with Crippen LogP contribution in [0.15, 0.2) is 29.2 Å². The van der Waals surface area contributed by atoms with E-state index in [1.54, 1.807) is 12.1 Å². The number of quaternary nitrogens is 1. The standard InChI is InChI=1S/C16H25N3O5S/c1-18(2)8-7-17-16(20)13-24-14-3-5-15(6-4-14)25(21,22)19-9-11-23-12-10-19/h3-6H,7-13H2,1-2H3,(H,17,20)/p+1. The van der Waals surface area contributed by atoms with E-state index in [-0.39, 0.29) is 17.4 Å². The predicted molar refractivity (Wildman–Crippen MR) is 92.2 cm³/mol. The summed E-state index contributed by atoms with van der Waals surface area (Å²) in [6.45, 7) is 2.85. The van der Waals surface area contributed by atoms with Crippen LogP contribution in [0.3, 0.4) is 0 Å². The van der Waals surface area contributed by atoms with E-state index in [1.807, 2.05) is 14.1 Å². The van der Waals surface area contributed by atoms with Crippen molar-refractivity contribution < 1.29 is 27.6 Å². The van der Waals surface area contributed by atoms with Crippen LogP contribution in [0.5, 0.6) is 5.75 Å². The van der Waals surface area contributed by atoms with Gasteiger partial charge in [0.15, 0.2) is 6.61 Å². The molecule has 0 unspecified atom stereocenters. The molecule has 9 heteroatoms. The fraction of sp³-hybridized carbons (Fsp3) is 0.562. The van der Waals surface area contributed by atoms with Crippen LogP contribution in [0.4, 0.5) is 0 Å². The fourth-order valence-electron chi connectivity index (χ4n) is 2.30. The van der Waals surface area contributed by atoms with Crippen molar-refractivity contribution in [3.05, 3.63) is 24.3 Å². The fourth-order valence-corrected chi connectivity index (χ4v) is 3.70. The number of amides is 1. The van der Waals surface area contributed by atoms with Crippen LogP contribution < -0.4 is 15.0 Å². The molecule has 1 aliphatic rings. The van der Waals surface area contributed by atoms with Gasteiger partial charge in [-0.1, -0.05) is 0 Å². The van der Waals surface area contributed by atoms with Gasteiger partial charge in [0, 0.05) is 13.1 Å². The van der Waals surface area contributed by atoms with E-state index in [0.29, 0.717) is 38.6 Å². The summed E-state index contributed by atoms with van der Waals surface area (Å²) in [4.78, 5) is 13.1. The van der Waals surface area contributed by atoms with Gasteiger partial charge in [0.05, 0.1) is 45.3 Å². The number of carbonyl (C=O) groups is 1. The minimum Gasteiger partial charge on any atom is -0.484 e. The van der Waals surface area contributed by atoms with E-state index in [9.17, 15) is 13.2 Å². The summed E-state index contributed by atoms with van der Waals surface area (Å²) in [5, 5.41) is 2.76. The SMILES string of the molecule is C[NH+](C)CCNC(=O)COc1ccc(S(=O)(=O)N2CCOCC2)cc1. The minimum absolute atomic E-state index is 0.0989. The summed E-state index contributed by atoms with van der Waals surface area (Å²) < 4.78 is 37.0. The Balaban J connectivity index is 1.86. The normalized spacial score (nSPS) is 16.0. The molecule has 0 spiro atoms. The Bertz CT molecular complexity index is 655. The molecule has 0 atom stereocenters. The third-order valence-electron chi connectivity index (χ3n) is 3.75. The molecule has 1 aromatic rings. The molecule has 0 saturated carbocycles. The van der Waals surface area contributed by atoms with Crippen molar-refractivity contribution in [2.24, 2.45) is 0 Å². The molecular weight excluding hydrogens is 346 g/mol. The van der Waals surface area contributed by atoms with E-state index in [0.717, 1.165) is 6.54 Å². The minimum atomic E-state index is -3.51. The first-order valence-electron chi connectivity index (χ1n) is 8.26. The van der Waals surface area contributed by atoms with Crippen LogP contribution in [0.1, 0.15) is 0 Å². The van der Waals surface area contributed by atoms with Gasteiger partial charge in [-0.15, -0.1) is 0 Å². The lowest BCUT2D eigenvalue weighted by Crippen LogP contribution is -3.06. The van der Waals surface area contributed by atoms with Gasteiger partial charge >= 0.3 is 0 Å². The van der Waals surface area contributed by atoms with Crippen LogP contribution in [-0.2, 0) is 19.6 Å². The second-order valence-corrected chi connectivity index (χ2v) is 8.02. The monoisotopic (exact) mass is 372 g/mol. The Labute approximate surface area is 148 Å². The van der Waals surface area contributed by atoms with Crippen molar-refractivity contribution in [2.45, 2.75) is 4.90 Å². The molecule has 140 valence electrons. The van der Waals surface area contributed by atoms with Crippen LogP contribution in [0, 0.1) is 0 Å². The molecule has 0 aromatic heterocycles. The lowest BCUT2D eigenvalue weighted by Gasteiger charge is -2.26. The zero-order chi connectivity index (χ0) is 18.3. The van der Waals surface area contributed by atoms with E-state index in [4.69, 9.17) is 9.47 Å². The highest BCUT2D eigenvalue weighted by Gasteiger charge is 2.26. The molecule has 2 N–H and O–H groups in total. The number of hydrogen-bond acceptors (Lipinski definition) is 5. The summed E-state index contributed by atoms with van der Waals surface area (Å²) in [6.07, 6.45) is 0. The number of carbonyl (C=O) groups excluding carboxylic acids is 1. The lowest BCUT2D eigenvalue weighted by molar-refractivity contribution is -0.856. The number of morpholine rings is 1. The molecule has 25 heavy (non-hydrogen) atoms. The van der Waals surface area contributed by atoms with Crippen molar-refractivity contribution >= 4 is 15.9 Å². The first-order chi connectivity index (χ1) is 11.9. The Morgan fingerprint density at radius 2 is 1.88 bits per heavy atom. The molecule has 0 bridgehead atoms. The van der Waals surface area contributed by atoms with Crippen molar-refractivity contribution in [1.82, 2.24) is 9.62 Å². The number of sulfonamides is 1. The number of ether oxygens (including phenoxy) is 2. The topological polar surface area (TPSA) is 89.4 Å². The van der Waals surface area contributed by atoms with Crippen LogP contribution in [0.25, 0.3) is 0 Å². The molecule has 1 aromatic carbocycles. The molecular formula is C16H26N3O5S+. The molecule has 1 aliphatic heterocycles. The third-order valence-corrected chi connectivity index (χ3v) is 5.66. The first-order valence-corrected chi connectivity index (χ1v) is 9.70. The van der Waals surface area contributed by atoms with Gasteiger partial charge in [-0.2, -0.15) is 4.31 Å². The zero-order valence-electron chi connectivity index (χ0n) is 14.7. The maximum Gasteiger partial charge on any atom is 0.258 e. The summed E-state index contributed by atoms with van der Waals surface area (Å²) in [5.74, 6) is 0.251. The van der Waals surface area contributed by atoms with Crippen molar-refractivity contribution in [2.75, 3.05) is 60.1 Å². The Kier molecular flexibility index (Phi) is 7.18. The quantitative estimate of drug-likeness (QED) is 0.571. The molecule has 2 rings (SSSR count). The Morgan fingerprint density at radius 3 is 2.48 bits per heavy atom. The number of nitrogens with zero attached hydrogens (tertiary/aromatic N) is 1. The van der Waals surface area contributed by atoms with Crippen molar-refractivity contribution in [3.63, 3.8) is 0 Å². The highest BCUT2D eigenvalue weighted by Crippen LogP contribution is 2.20. The summed E-state index contributed by atoms with van der Waals surface area (Å²) in [7, 11) is 0.504. The van der Waals surface area contributed by atoms with Crippen molar-refractivity contribution in [1.29, 1.82) is 0 Å². The summed E-state index contributed by atoms with van der Waals surface area (Å²) >= 11 is 0. The summed E-state index contributed by atoms with van der Waals surface area (Å²) in [6, 6.07) is 6.11. The highest BCUT2D eigenvalue weighted by atomic mass is 32.2. The number of likely N-dealkylation sites (N-methyl/N-ethyl adjacent to an activating group) is 1. The second kappa shape index (κ2) is 9.14. The maximum absolute atomic E-state index is 12.5. The van der Waals surface area contributed by atoms with E-state index in [1.165, 1.54) is 21.3 Å².